The summed E-state index contributed by atoms with van der Waals surface area (Å²) < 4.78 is 12.7. The summed E-state index contributed by atoms with van der Waals surface area (Å²) in [6.45, 7) is 8.74. The molecule has 0 aliphatic carbocycles. The normalized spacial score (nSPS) is 11.6. The first-order chi connectivity index (χ1) is 25.9. The van der Waals surface area contributed by atoms with E-state index in [1.165, 1.54) is 12.1 Å². The number of rotatable bonds is 16. The smallest absolute Gasteiger partial charge is 0.276 e. The van der Waals surface area contributed by atoms with Crippen LogP contribution in [0.2, 0.25) is 0 Å². The lowest BCUT2D eigenvalue weighted by molar-refractivity contribution is 0.0993. The van der Waals surface area contributed by atoms with Crippen molar-refractivity contribution in [1.82, 2.24) is 38.7 Å². The number of fused-ring (bicyclic) bond motifs is 2. The summed E-state index contributed by atoms with van der Waals surface area (Å²) in [5.74, 6) is -1.42. The number of aryl methyl sites for hydroxylation is 4. The van der Waals surface area contributed by atoms with Gasteiger partial charge in [-0.1, -0.05) is 12.2 Å². The fourth-order valence-electron chi connectivity index (χ4n) is 5.93. The second kappa shape index (κ2) is 15.7. The Hall–Kier alpha value is -6.34. The number of hydrogen-bond donors (Lipinski definition) is 5. The van der Waals surface area contributed by atoms with Gasteiger partial charge in [0.25, 0.3) is 17.7 Å². The largest absolute Gasteiger partial charge is 0.491 e. The fourth-order valence-corrected chi connectivity index (χ4v) is 6.89. The maximum Gasteiger partial charge on any atom is 0.276 e. The molecule has 0 atom stereocenters. The molecule has 0 aliphatic heterocycles. The molecule has 0 aliphatic rings. The Morgan fingerprint density at radius 2 is 1.39 bits per heavy atom. The van der Waals surface area contributed by atoms with Gasteiger partial charge in [0.2, 0.25) is 17.8 Å². The molecule has 6 aromatic rings. The molecule has 1 aromatic carbocycles. The maximum atomic E-state index is 13.6. The minimum absolute atomic E-state index is 0.108. The molecule has 19 heteroatoms. The Balaban J connectivity index is 1.37. The van der Waals surface area contributed by atoms with Crippen LogP contribution in [0.15, 0.2) is 42.5 Å². The topological polar surface area (TPSA) is 245 Å². The number of imidazole rings is 2. The number of ether oxygens (including phenoxy) is 1. The van der Waals surface area contributed by atoms with Gasteiger partial charge in [-0.3, -0.25) is 43.7 Å². The summed E-state index contributed by atoms with van der Waals surface area (Å²) in [7, 11) is 0. The van der Waals surface area contributed by atoms with Gasteiger partial charge in [-0.05, 0) is 58.0 Å². The number of allylic oxidation sites excluding steroid dienone is 2. The Morgan fingerprint density at radius 3 is 1.94 bits per heavy atom. The van der Waals surface area contributed by atoms with E-state index in [0.29, 0.717) is 68.5 Å². The monoisotopic (exact) mass is 756 g/mol. The average molecular weight is 757 g/mol. The molecule has 18 nitrogen and oxygen atoms in total. The van der Waals surface area contributed by atoms with Crippen molar-refractivity contribution in [2.75, 3.05) is 23.8 Å². The first-order valence-corrected chi connectivity index (χ1v) is 18.0. The van der Waals surface area contributed by atoms with Crippen molar-refractivity contribution in [3.63, 3.8) is 0 Å². The number of aliphatic hydroxyl groups excluding tert-OH is 1. The summed E-state index contributed by atoms with van der Waals surface area (Å²) in [6, 6.07) is 7.96. The molecule has 7 N–H and O–H groups in total. The third-order valence-electron chi connectivity index (χ3n) is 8.38. The molecule has 5 aromatic heterocycles. The Bertz CT molecular complexity index is 2430. The summed E-state index contributed by atoms with van der Waals surface area (Å²) in [6.07, 6.45) is 3.99. The van der Waals surface area contributed by atoms with E-state index in [2.05, 4.69) is 30.8 Å². The van der Waals surface area contributed by atoms with Crippen LogP contribution in [0.1, 0.15) is 72.7 Å². The van der Waals surface area contributed by atoms with Gasteiger partial charge in [0.05, 0.1) is 28.4 Å². The first kappa shape index (κ1) is 37.4. The van der Waals surface area contributed by atoms with Crippen molar-refractivity contribution >= 4 is 68.2 Å². The van der Waals surface area contributed by atoms with Crippen LogP contribution in [0.4, 0.5) is 11.9 Å². The Morgan fingerprint density at radius 1 is 0.815 bits per heavy atom. The van der Waals surface area contributed by atoms with Gasteiger partial charge in [0, 0.05) is 44.8 Å². The molecule has 0 fully saturated rings. The number of nitrogens with two attached hydrogens (primary N) is 2. The molecule has 282 valence electrons. The molecule has 54 heavy (non-hydrogen) atoms. The standard InChI is InChI=1S/C35H40N12O6S/c1-5-46-24(14-19(3)42-46)31(51)40-34-38-22-16-21(29(36)49)17-26(53-13-9-12-48)28(22)44(34)10-7-8-11-45-33-23(18-27(54-33)30(37)50)39-35(45)41-32(52)25-15-20(4)43-47(25)6-2/h7-8,14-18,48H,5-6,9-13H2,1-4H3,(H2,36,49)(H2,37,50)(H,38,40,51)(H,39,41,52)/b8-7+. The zero-order valence-electron chi connectivity index (χ0n) is 30.1. The third-order valence-corrected chi connectivity index (χ3v) is 9.54. The van der Waals surface area contributed by atoms with E-state index in [-0.39, 0.29) is 49.5 Å². The number of aromatic nitrogens is 8. The summed E-state index contributed by atoms with van der Waals surface area (Å²) in [5.41, 5.74) is 14.7. The van der Waals surface area contributed by atoms with Gasteiger partial charge in [-0.2, -0.15) is 10.2 Å². The molecule has 4 amide bonds. The van der Waals surface area contributed by atoms with Crippen LogP contribution in [0.5, 0.6) is 5.75 Å². The summed E-state index contributed by atoms with van der Waals surface area (Å²) in [4.78, 5) is 61.4. The molecule has 0 spiro atoms. The van der Waals surface area contributed by atoms with Gasteiger partial charge in [0.1, 0.15) is 33.0 Å². The Labute approximate surface area is 312 Å². The molecule has 0 bridgehead atoms. The predicted octanol–water partition coefficient (Wildman–Crippen LogP) is 3.22. The van der Waals surface area contributed by atoms with Gasteiger partial charge in [-0.25, -0.2) is 9.97 Å². The zero-order chi connectivity index (χ0) is 38.7. The molecular weight excluding hydrogens is 717 g/mol. The second-order valence-electron chi connectivity index (χ2n) is 12.2. The molecule has 0 saturated heterocycles. The van der Waals surface area contributed by atoms with Crippen LogP contribution in [-0.2, 0) is 26.2 Å². The number of carbonyl (C=O) groups excluding carboxylic acids is 4. The highest BCUT2D eigenvalue weighted by Gasteiger charge is 2.23. The number of aliphatic hydroxyl groups is 1. The number of anilines is 2. The zero-order valence-corrected chi connectivity index (χ0v) is 30.9. The van der Waals surface area contributed by atoms with Crippen molar-refractivity contribution in [3.8, 4) is 5.75 Å². The van der Waals surface area contributed by atoms with Crippen LogP contribution in [-0.4, -0.2) is 80.6 Å². The van der Waals surface area contributed by atoms with Gasteiger partial charge in [0.15, 0.2) is 0 Å². The number of amides is 4. The van der Waals surface area contributed by atoms with E-state index in [9.17, 15) is 24.3 Å². The van der Waals surface area contributed by atoms with Gasteiger partial charge >= 0.3 is 0 Å². The lowest BCUT2D eigenvalue weighted by atomic mass is 10.1. The van der Waals surface area contributed by atoms with E-state index in [1.54, 1.807) is 50.5 Å². The molecule has 0 unspecified atom stereocenters. The lowest BCUT2D eigenvalue weighted by Gasteiger charge is -2.13. The molecule has 5 heterocycles. The summed E-state index contributed by atoms with van der Waals surface area (Å²) in [5, 5.41) is 23.9. The van der Waals surface area contributed by atoms with Crippen LogP contribution in [0, 0.1) is 13.8 Å². The predicted molar refractivity (Wildman–Crippen MR) is 202 cm³/mol. The van der Waals surface area contributed by atoms with E-state index in [4.69, 9.17) is 16.2 Å². The number of hydrogen-bond acceptors (Lipinski definition) is 11. The van der Waals surface area contributed by atoms with Gasteiger partial charge in [-0.15, -0.1) is 11.3 Å². The summed E-state index contributed by atoms with van der Waals surface area (Å²) >= 11 is 1.15. The van der Waals surface area contributed by atoms with E-state index >= 15 is 0 Å². The minimum atomic E-state index is -0.692. The average Bonchev–Trinajstić information content (AvgIpc) is 3.95. The minimum Gasteiger partial charge on any atom is -0.491 e. The van der Waals surface area contributed by atoms with Crippen molar-refractivity contribution in [3.05, 3.63) is 75.7 Å². The maximum absolute atomic E-state index is 13.6. The fraction of sp³-hybridized carbons (Fsp3) is 0.314. The molecule has 6 rings (SSSR count). The molecule has 0 saturated carbocycles. The number of thiophene rings is 1. The van der Waals surface area contributed by atoms with Crippen LogP contribution in [0.25, 0.3) is 21.4 Å². The number of nitrogens with one attached hydrogen (secondary N) is 2. The van der Waals surface area contributed by atoms with Crippen LogP contribution in [0.3, 0.4) is 0 Å². The van der Waals surface area contributed by atoms with Crippen molar-refractivity contribution in [2.24, 2.45) is 11.5 Å². The Kier molecular flexibility index (Phi) is 10.9. The van der Waals surface area contributed by atoms with Crippen molar-refractivity contribution in [2.45, 2.75) is 60.3 Å². The molecule has 0 radical (unpaired) electrons. The lowest BCUT2D eigenvalue weighted by Crippen LogP contribution is -2.20. The number of benzene rings is 1. The highest BCUT2D eigenvalue weighted by Crippen LogP contribution is 2.32. The van der Waals surface area contributed by atoms with Crippen LogP contribution < -0.4 is 26.8 Å². The van der Waals surface area contributed by atoms with E-state index in [0.717, 1.165) is 11.3 Å². The molecular formula is C35H40N12O6S. The third kappa shape index (κ3) is 7.57. The van der Waals surface area contributed by atoms with Crippen molar-refractivity contribution in [1.29, 1.82) is 0 Å². The van der Waals surface area contributed by atoms with E-state index in [1.807, 2.05) is 26.0 Å². The second-order valence-corrected chi connectivity index (χ2v) is 13.3. The number of primary amides is 2. The quantitative estimate of drug-likeness (QED) is 0.0713. The van der Waals surface area contributed by atoms with Gasteiger partial charge < -0.3 is 25.9 Å². The highest BCUT2D eigenvalue weighted by atomic mass is 32.1. The number of carbonyl (C=O) groups is 4. The number of nitrogens with zero attached hydrogens (tertiary/aromatic N) is 8. The first-order valence-electron chi connectivity index (χ1n) is 17.2. The van der Waals surface area contributed by atoms with E-state index < -0.39 is 23.6 Å². The van der Waals surface area contributed by atoms with Crippen molar-refractivity contribution < 1.29 is 29.0 Å². The SMILES string of the molecule is CCn1nc(C)cc1C(=O)Nc1nc2cc(C(N)=O)sc2n1C/C=C/Cn1c(NC(=O)c2cc(C)nn2CC)nc2cc(C(N)=O)cc(OCCCO)c21. The van der Waals surface area contributed by atoms with Crippen LogP contribution >= 0.6 is 11.3 Å². The highest BCUT2D eigenvalue weighted by molar-refractivity contribution is 7.20.